The van der Waals surface area contributed by atoms with E-state index in [1.165, 1.54) is 11.7 Å². The number of hydrogen-bond donors (Lipinski definition) is 2. The van der Waals surface area contributed by atoms with Crippen molar-refractivity contribution >= 4 is 17.7 Å². The number of methoxy groups -OCH3 is 1. The van der Waals surface area contributed by atoms with Crippen molar-refractivity contribution < 1.29 is 14.6 Å². The summed E-state index contributed by atoms with van der Waals surface area (Å²) < 4.78 is 8.70. The normalized spacial score (nSPS) is 11.8. The van der Waals surface area contributed by atoms with Gasteiger partial charge in [-0.3, -0.25) is 9.48 Å². The number of benzene rings is 1. The highest BCUT2D eigenvalue weighted by Gasteiger charge is 2.24. The molecular weight excluding hydrogens is 522 g/mol. The second-order valence-corrected chi connectivity index (χ2v) is 9.89. The second-order valence-electron chi connectivity index (χ2n) is 9.89. The summed E-state index contributed by atoms with van der Waals surface area (Å²) in [4.78, 5) is 36.7. The van der Waals surface area contributed by atoms with Gasteiger partial charge in [0.15, 0.2) is 0 Å². The number of pyridine rings is 1. The first-order valence-corrected chi connectivity index (χ1v) is 13.5. The lowest BCUT2D eigenvalue weighted by Crippen LogP contribution is -2.33. The van der Waals surface area contributed by atoms with Gasteiger partial charge in [-0.15, -0.1) is 0 Å². The van der Waals surface area contributed by atoms with Gasteiger partial charge in [-0.1, -0.05) is 24.3 Å². The molecule has 2 N–H and O–H groups in total. The largest absolute Gasteiger partial charge is 0.496 e. The van der Waals surface area contributed by atoms with Crippen LogP contribution in [0.15, 0.2) is 47.5 Å². The average Bonchev–Trinajstić information content (AvgIpc) is 3.21. The van der Waals surface area contributed by atoms with Gasteiger partial charge < -0.3 is 24.6 Å². The highest BCUT2D eigenvalue weighted by atomic mass is 16.5. The minimum atomic E-state index is -1.01. The van der Waals surface area contributed by atoms with Crippen LogP contribution in [-0.4, -0.2) is 61.6 Å². The van der Waals surface area contributed by atoms with Crippen molar-refractivity contribution in [2.24, 2.45) is 14.1 Å². The Labute approximate surface area is 239 Å². The van der Waals surface area contributed by atoms with Crippen LogP contribution in [0.25, 0.3) is 22.3 Å². The summed E-state index contributed by atoms with van der Waals surface area (Å²) >= 11 is 0. The standard InChI is InChI=1S/C30H37N7O4/c1-8-37(9-2)30-31-17-22(25-18(3)34-36(6)19(25)4)27(33-30)32-23(29(39)40)16-20-10-12-21(13-11-20)26-24(41-7)14-15-35(5)28(26)38/h10-15,17,23H,8-9,16H2,1-7H3,(H,39,40)(H,31,32,33)/t23-/m0/s1. The van der Waals surface area contributed by atoms with Crippen LogP contribution in [0.5, 0.6) is 5.75 Å². The maximum atomic E-state index is 12.8. The van der Waals surface area contributed by atoms with E-state index in [2.05, 4.69) is 15.4 Å². The van der Waals surface area contributed by atoms with Crippen LogP contribution in [0.4, 0.5) is 11.8 Å². The van der Waals surface area contributed by atoms with E-state index < -0.39 is 12.0 Å². The summed E-state index contributed by atoms with van der Waals surface area (Å²) in [6, 6.07) is 8.05. The Hall–Kier alpha value is -4.67. The molecule has 1 atom stereocenters. The van der Waals surface area contributed by atoms with Gasteiger partial charge in [0, 0.05) is 62.8 Å². The molecule has 216 valence electrons. The molecule has 41 heavy (non-hydrogen) atoms. The molecule has 3 aromatic heterocycles. The van der Waals surface area contributed by atoms with E-state index >= 15 is 0 Å². The van der Waals surface area contributed by atoms with Crippen LogP contribution in [0.2, 0.25) is 0 Å². The second kappa shape index (κ2) is 12.2. The first kappa shape index (κ1) is 29.3. The van der Waals surface area contributed by atoms with Crippen LogP contribution in [0, 0.1) is 13.8 Å². The predicted molar refractivity (Wildman–Crippen MR) is 160 cm³/mol. The Morgan fingerprint density at radius 3 is 2.34 bits per heavy atom. The molecule has 4 aromatic rings. The fraction of sp³-hybridized carbons (Fsp3) is 0.367. The number of rotatable bonds is 11. The van der Waals surface area contributed by atoms with Crippen molar-refractivity contribution in [2.75, 3.05) is 30.4 Å². The van der Waals surface area contributed by atoms with Crippen LogP contribution >= 0.6 is 0 Å². The van der Waals surface area contributed by atoms with Crippen LogP contribution in [0.1, 0.15) is 30.8 Å². The lowest BCUT2D eigenvalue weighted by Gasteiger charge is -2.22. The van der Waals surface area contributed by atoms with E-state index in [0.717, 1.165) is 22.5 Å². The molecule has 11 nitrogen and oxygen atoms in total. The van der Waals surface area contributed by atoms with Crippen molar-refractivity contribution in [2.45, 2.75) is 40.2 Å². The molecule has 0 unspecified atom stereocenters. The number of nitrogens with one attached hydrogen (secondary N) is 1. The number of aliphatic carboxylic acids is 1. The van der Waals surface area contributed by atoms with Gasteiger partial charge in [0.05, 0.1) is 18.4 Å². The summed E-state index contributed by atoms with van der Waals surface area (Å²) in [5.41, 5.74) is 5.04. The monoisotopic (exact) mass is 559 g/mol. The highest BCUT2D eigenvalue weighted by molar-refractivity contribution is 5.83. The minimum absolute atomic E-state index is 0.177. The molecule has 1 aromatic carbocycles. The molecule has 0 bridgehead atoms. The van der Waals surface area contributed by atoms with Gasteiger partial charge in [0.1, 0.15) is 17.6 Å². The number of carbonyl (C=O) groups is 1. The maximum absolute atomic E-state index is 12.8. The lowest BCUT2D eigenvalue weighted by molar-refractivity contribution is -0.137. The van der Waals surface area contributed by atoms with E-state index in [0.29, 0.717) is 47.3 Å². The number of ether oxygens (including phenoxy) is 1. The van der Waals surface area contributed by atoms with E-state index in [4.69, 9.17) is 9.72 Å². The first-order chi connectivity index (χ1) is 19.6. The van der Waals surface area contributed by atoms with Gasteiger partial charge in [0.2, 0.25) is 5.95 Å². The van der Waals surface area contributed by atoms with Gasteiger partial charge in [-0.05, 0) is 44.9 Å². The van der Waals surface area contributed by atoms with Crippen LogP contribution in [0.3, 0.4) is 0 Å². The van der Waals surface area contributed by atoms with E-state index in [1.54, 1.807) is 30.2 Å². The Kier molecular flexibility index (Phi) is 8.75. The molecule has 4 rings (SSSR count). The number of aryl methyl sites for hydroxylation is 3. The summed E-state index contributed by atoms with van der Waals surface area (Å²) in [5, 5.41) is 17.9. The molecule has 0 fully saturated rings. The SMILES string of the molecule is CCN(CC)c1ncc(-c2c(C)nn(C)c2C)c(N[C@@H](Cc2ccc(-c3c(OC)ccn(C)c3=O)cc2)C(=O)O)n1. The smallest absolute Gasteiger partial charge is 0.326 e. The van der Waals surface area contributed by atoms with Gasteiger partial charge >= 0.3 is 5.97 Å². The quantitative estimate of drug-likeness (QED) is 0.282. The zero-order chi connectivity index (χ0) is 29.8. The van der Waals surface area contributed by atoms with E-state index in [-0.39, 0.29) is 12.0 Å². The molecule has 0 amide bonds. The van der Waals surface area contributed by atoms with Crippen LogP contribution in [-0.2, 0) is 25.3 Å². The van der Waals surface area contributed by atoms with Crippen LogP contribution < -0.4 is 20.5 Å². The molecule has 0 aliphatic rings. The molecule has 0 aliphatic carbocycles. The zero-order valence-corrected chi connectivity index (χ0v) is 24.6. The van der Waals surface area contributed by atoms with Gasteiger partial charge in [-0.25, -0.2) is 9.78 Å². The average molecular weight is 560 g/mol. The fourth-order valence-electron chi connectivity index (χ4n) is 4.94. The predicted octanol–water partition coefficient (Wildman–Crippen LogP) is 3.82. The first-order valence-electron chi connectivity index (χ1n) is 13.5. The molecule has 0 saturated carbocycles. The number of nitrogens with zero attached hydrogens (tertiary/aromatic N) is 6. The number of anilines is 2. The Bertz CT molecular complexity index is 1600. The lowest BCUT2D eigenvalue weighted by atomic mass is 10.00. The third-order valence-electron chi connectivity index (χ3n) is 7.34. The van der Waals surface area contributed by atoms with Crippen molar-refractivity contribution in [3.05, 3.63) is 70.0 Å². The van der Waals surface area contributed by atoms with Crippen molar-refractivity contribution in [3.8, 4) is 28.0 Å². The number of aromatic nitrogens is 5. The maximum Gasteiger partial charge on any atom is 0.326 e. The highest BCUT2D eigenvalue weighted by Crippen LogP contribution is 2.33. The Morgan fingerprint density at radius 2 is 1.78 bits per heavy atom. The molecule has 11 heteroatoms. The number of carboxylic acids is 1. The van der Waals surface area contributed by atoms with E-state index in [9.17, 15) is 14.7 Å². The molecular formula is C30H37N7O4. The summed E-state index contributed by atoms with van der Waals surface area (Å²) in [6.07, 6.45) is 3.58. The van der Waals surface area contributed by atoms with E-state index in [1.807, 2.05) is 63.9 Å². The molecule has 0 radical (unpaired) electrons. The topological polar surface area (TPSA) is 127 Å². The van der Waals surface area contributed by atoms with Crippen molar-refractivity contribution in [1.29, 1.82) is 0 Å². The molecule has 0 saturated heterocycles. The fourth-order valence-corrected chi connectivity index (χ4v) is 4.94. The third kappa shape index (κ3) is 5.93. The molecule has 3 heterocycles. The van der Waals surface area contributed by atoms with Crippen molar-refractivity contribution in [3.63, 3.8) is 0 Å². The third-order valence-corrected chi connectivity index (χ3v) is 7.34. The Balaban J connectivity index is 1.70. The van der Waals surface area contributed by atoms with Gasteiger partial charge in [-0.2, -0.15) is 10.1 Å². The minimum Gasteiger partial charge on any atom is -0.496 e. The molecule has 0 spiro atoms. The van der Waals surface area contributed by atoms with Crippen molar-refractivity contribution in [1.82, 2.24) is 24.3 Å². The number of hydrogen-bond acceptors (Lipinski definition) is 8. The Morgan fingerprint density at radius 1 is 1.10 bits per heavy atom. The summed E-state index contributed by atoms with van der Waals surface area (Å²) in [5.74, 6) is 0.420. The van der Waals surface area contributed by atoms with Gasteiger partial charge in [0.25, 0.3) is 5.56 Å². The summed E-state index contributed by atoms with van der Waals surface area (Å²) in [6.45, 7) is 9.34. The number of carboxylic acid groups (broad SMARTS) is 1. The summed E-state index contributed by atoms with van der Waals surface area (Å²) in [7, 11) is 5.08. The molecule has 0 aliphatic heterocycles. The zero-order valence-electron chi connectivity index (χ0n) is 24.6.